The third-order valence-corrected chi connectivity index (χ3v) is 6.03. The van der Waals surface area contributed by atoms with E-state index in [1.807, 2.05) is 4.90 Å². The summed E-state index contributed by atoms with van der Waals surface area (Å²) in [5, 5.41) is 6.79. The Kier molecular flexibility index (Phi) is 5.15. The Bertz CT molecular complexity index is 580. The molecule has 1 aromatic heterocycles. The van der Waals surface area contributed by atoms with Crippen molar-refractivity contribution in [2.45, 2.75) is 38.5 Å². The van der Waals surface area contributed by atoms with Gasteiger partial charge in [-0.25, -0.2) is 9.97 Å². The first kappa shape index (κ1) is 16.8. The number of carbonyl (C=O) groups excluding carboxylic acids is 1. The van der Waals surface area contributed by atoms with Crippen LogP contribution in [0.25, 0.3) is 0 Å². The number of rotatable bonds is 7. The fourth-order valence-electron chi connectivity index (χ4n) is 4.21. The first-order valence-corrected chi connectivity index (χ1v) is 9.83. The molecule has 3 heterocycles. The summed E-state index contributed by atoms with van der Waals surface area (Å²) in [6, 6.07) is 0. The van der Waals surface area contributed by atoms with Gasteiger partial charge in [0.15, 0.2) is 0 Å². The van der Waals surface area contributed by atoms with E-state index in [4.69, 9.17) is 0 Å². The molecule has 2 N–H and O–H groups in total. The maximum Gasteiger partial charge on any atom is 0.227 e. The molecule has 0 aromatic carbocycles. The zero-order chi connectivity index (χ0) is 17.1. The van der Waals surface area contributed by atoms with Crippen LogP contribution in [-0.4, -0.2) is 53.5 Å². The largest absolute Gasteiger partial charge is 0.354 e. The Morgan fingerprint density at radius 3 is 2.68 bits per heavy atom. The van der Waals surface area contributed by atoms with Gasteiger partial charge >= 0.3 is 0 Å². The van der Waals surface area contributed by atoms with Crippen LogP contribution in [0, 0.1) is 17.8 Å². The van der Waals surface area contributed by atoms with Crippen LogP contribution in [0.5, 0.6) is 0 Å². The van der Waals surface area contributed by atoms with Crippen molar-refractivity contribution < 1.29 is 4.79 Å². The van der Waals surface area contributed by atoms with E-state index >= 15 is 0 Å². The molecule has 1 saturated carbocycles. The molecule has 25 heavy (non-hydrogen) atoms. The third-order valence-electron chi connectivity index (χ3n) is 6.03. The molecule has 2 unspecified atom stereocenters. The summed E-state index contributed by atoms with van der Waals surface area (Å²) in [6.07, 6.45) is 10.4. The van der Waals surface area contributed by atoms with Crippen LogP contribution in [0.3, 0.4) is 0 Å². The topological polar surface area (TPSA) is 70.1 Å². The quantitative estimate of drug-likeness (QED) is 0.788. The zero-order valence-corrected chi connectivity index (χ0v) is 14.9. The zero-order valence-electron chi connectivity index (χ0n) is 14.9. The first-order valence-electron chi connectivity index (χ1n) is 9.83. The van der Waals surface area contributed by atoms with Crippen molar-refractivity contribution >= 4 is 11.9 Å². The van der Waals surface area contributed by atoms with Gasteiger partial charge in [-0.2, -0.15) is 0 Å². The predicted molar refractivity (Wildman–Crippen MR) is 97.2 cm³/mol. The molecule has 3 aliphatic rings. The summed E-state index contributed by atoms with van der Waals surface area (Å²) in [4.78, 5) is 22.6. The van der Waals surface area contributed by atoms with Gasteiger partial charge in [0.2, 0.25) is 11.9 Å². The minimum Gasteiger partial charge on any atom is -0.354 e. The fraction of sp³-hybridized carbons (Fsp3) is 0.737. The second-order valence-electron chi connectivity index (χ2n) is 7.79. The molecule has 2 saturated heterocycles. The number of anilines is 1. The molecule has 2 atom stereocenters. The number of carbonyl (C=O) groups is 1. The number of hydrogen-bond donors (Lipinski definition) is 2. The summed E-state index contributed by atoms with van der Waals surface area (Å²) in [5.74, 6) is 3.67. The summed E-state index contributed by atoms with van der Waals surface area (Å²) in [7, 11) is 0. The van der Waals surface area contributed by atoms with Crippen LogP contribution in [0.15, 0.2) is 12.4 Å². The van der Waals surface area contributed by atoms with Crippen LogP contribution in [0.1, 0.15) is 37.7 Å². The van der Waals surface area contributed by atoms with Gasteiger partial charge in [0, 0.05) is 32.0 Å². The fourth-order valence-corrected chi connectivity index (χ4v) is 4.21. The van der Waals surface area contributed by atoms with E-state index in [-0.39, 0.29) is 5.91 Å². The summed E-state index contributed by atoms with van der Waals surface area (Å²) >= 11 is 0. The molecule has 2 aliphatic heterocycles. The Morgan fingerprint density at radius 1 is 1.24 bits per heavy atom. The molecule has 6 heteroatoms. The van der Waals surface area contributed by atoms with Crippen molar-refractivity contribution in [3.63, 3.8) is 0 Å². The monoisotopic (exact) mass is 343 g/mol. The summed E-state index contributed by atoms with van der Waals surface area (Å²) in [5.41, 5.74) is 0.899. The van der Waals surface area contributed by atoms with Crippen molar-refractivity contribution in [3.8, 4) is 0 Å². The van der Waals surface area contributed by atoms with Gasteiger partial charge in [-0.05, 0) is 68.5 Å². The lowest BCUT2D eigenvalue weighted by molar-refractivity contribution is -0.133. The lowest BCUT2D eigenvalue weighted by Gasteiger charge is -2.30. The molecular weight excluding hydrogens is 314 g/mol. The van der Waals surface area contributed by atoms with Gasteiger partial charge < -0.3 is 15.5 Å². The van der Waals surface area contributed by atoms with Crippen molar-refractivity contribution in [1.29, 1.82) is 0 Å². The van der Waals surface area contributed by atoms with Gasteiger partial charge in [-0.15, -0.1) is 0 Å². The number of hydrogen-bond acceptors (Lipinski definition) is 5. The summed E-state index contributed by atoms with van der Waals surface area (Å²) in [6.45, 7) is 5.15. The van der Waals surface area contributed by atoms with Crippen molar-refractivity contribution in [2.75, 3.05) is 38.0 Å². The Hall–Kier alpha value is -1.69. The SMILES string of the molecule is O=C(Cc1cnc(NCCC2CC2C2CCNCC2)nc1)N1CCC1. The highest BCUT2D eigenvalue weighted by Gasteiger charge is 2.42. The molecule has 1 aliphatic carbocycles. The maximum atomic E-state index is 11.9. The van der Waals surface area contributed by atoms with Crippen molar-refractivity contribution in [2.24, 2.45) is 17.8 Å². The highest BCUT2D eigenvalue weighted by molar-refractivity contribution is 5.79. The van der Waals surface area contributed by atoms with Crippen LogP contribution in [-0.2, 0) is 11.2 Å². The van der Waals surface area contributed by atoms with Gasteiger partial charge in [0.1, 0.15) is 0 Å². The van der Waals surface area contributed by atoms with E-state index in [1.165, 1.54) is 38.8 Å². The van der Waals surface area contributed by atoms with E-state index < -0.39 is 0 Å². The first-order chi connectivity index (χ1) is 12.3. The number of amides is 1. The lowest BCUT2D eigenvalue weighted by atomic mass is 9.91. The van der Waals surface area contributed by atoms with Crippen LogP contribution < -0.4 is 10.6 Å². The number of piperidine rings is 1. The molecule has 1 aromatic rings. The van der Waals surface area contributed by atoms with E-state index in [9.17, 15) is 4.79 Å². The molecule has 4 rings (SSSR count). The van der Waals surface area contributed by atoms with E-state index in [1.54, 1.807) is 12.4 Å². The molecule has 0 spiro atoms. The van der Waals surface area contributed by atoms with Crippen molar-refractivity contribution in [1.82, 2.24) is 20.2 Å². The second-order valence-corrected chi connectivity index (χ2v) is 7.79. The van der Waals surface area contributed by atoms with Gasteiger partial charge in [0.25, 0.3) is 0 Å². The normalized spacial score (nSPS) is 26.2. The minimum atomic E-state index is 0.188. The van der Waals surface area contributed by atoms with Crippen LogP contribution >= 0.6 is 0 Å². The molecule has 3 fully saturated rings. The predicted octanol–water partition coefficient (Wildman–Crippen LogP) is 1.69. The van der Waals surface area contributed by atoms with Crippen LogP contribution in [0.2, 0.25) is 0 Å². The Balaban J connectivity index is 1.16. The molecule has 136 valence electrons. The van der Waals surface area contributed by atoms with Gasteiger partial charge in [-0.3, -0.25) is 4.79 Å². The van der Waals surface area contributed by atoms with E-state index in [2.05, 4.69) is 20.6 Å². The minimum absolute atomic E-state index is 0.188. The molecule has 0 bridgehead atoms. The van der Waals surface area contributed by atoms with E-state index in [0.29, 0.717) is 12.4 Å². The number of aromatic nitrogens is 2. The lowest BCUT2D eigenvalue weighted by Crippen LogP contribution is -2.42. The van der Waals surface area contributed by atoms with Crippen molar-refractivity contribution in [3.05, 3.63) is 18.0 Å². The number of nitrogens with one attached hydrogen (secondary N) is 2. The third kappa shape index (κ3) is 4.29. The standard InChI is InChI=1S/C19H29N5O/c25-18(24-8-1-9-24)10-14-12-22-19(23-13-14)21-7-4-16-11-17(16)15-2-5-20-6-3-15/h12-13,15-17,20H,1-11H2,(H,21,22,23). The highest BCUT2D eigenvalue weighted by Crippen LogP contribution is 2.49. The highest BCUT2D eigenvalue weighted by atomic mass is 16.2. The Morgan fingerprint density at radius 2 is 2.00 bits per heavy atom. The molecular formula is C19H29N5O. The second kappa shape index (κ2) is 7.68. The van der Waals surface area contributed by atoms with Gasteiger partial charge in [0.05, 0.1) is 6.42 Å². The van der Waals surface area contributed by atoms with Gasteiger partial charge in [-0.1, -0.05) is 0 Å². The van der Waals surface area contributed by atoms with E-state index in [0.717, 1.165) is 49.4 Å². The molecule has 6 nitrogen and oxygen atoms in total. The Labute approximate surface area is 149 Å². The summed E-state index contributed by atoms with van der Waals surface area (Å²) < 4.78 is 0. The smallest absolute Gasteiger partial charge is 0.227 e. The van der Waals surface area contributed by atoms with Crippen LogP contribution in [0.4, 0.5) is 5.95 Å². The number of likely N-dealkylation sites (tertiary alicyclic amines) is 1. The molecule has 0 radical (unpaired) electrons. The maximum absolute atomic E-state index is 11.9. The molecule has 1 amide bonds. The number of nitrogens with zero attached hydrogens (tertiary/aromatic N) is 3. The average molecular weight is 343 g/mol. The average Bonchev–Trinajstić information content (AvgIpc) is 3.35.